The molecule has 1 aliphatic rings. The summed E-state index contributed by atoms with van der Waals surface area (Å²) in [7, 11) is 0. The zero-order chi connectivity index (χ0) is 11.4. The van der Waals surface area contributed by atoms with Gasteiger partial charge in [0.15, 0.2) is 0 Å². The third kappa shape index (κ3) is 2.49. The maximum absolute atomic E-state index is 11.2. The van der Waals surface area contributed by atoms with Crippen molar-refractivity contribution < 1.29 is 9.53 Å². The predicted molar refractivity (Wildman–Crippen MR) is 60.2 cm³/mol. The topological polar surface area (TPSA) is 77.2 Å². The van der Waals surface area contributed by atoms with Crippen LogP contribution >= 0.6 is 0 Å². The van der Waals surface area contributed by atoms with E-state index in [1.807, 2.05) is 0 Å². The number of nitrogens with zero attached hydrogens (tertiary/aromatic N) is 1. The Morgan fingerprint density at radius 1 is 1.62 bits per heavy atom. The molecule has 0 bridgehead atoms. The Morgan fingerprint density at radius 2 is 2.50 bits per heavy atom. The van der Waals surface area contributed by atoms with Crippen LogP contribution in [0.2, 0.25) is 0 Å². The molecule has 86 valence electrons. The van der Waals surface area contributed by atoms with Crippen molar-refractivity contribution in [3.05, 3.63) is 23.9 Å². The van der Waals surface area contributed by atoms with Gasteiger partial charge in [0, 0.05) is 12.8 Å². The smallest absolute Gasteiger partial charge is 0.252 e. The Bertz CT molecular complexity index is 375. The van der Waals surface area contributed by atoms with Gasteiger partial charge in [-0.05, 0) is 25.0 Å². The van der Waals surface area contributed by atoms with Gasteiger partial charge in [-0.1, -0.05) is 0 Å². The SMILES string of the molecule is NC(=O)c1cccnc1N[C@H]1CCCOC1. The highest BCUT2D eigenvalue weighted by Crippen LogP contribution is 2.15. The first-order valence-electron chi connectivity index (χ1n) is 5.36. The molecule has 16 heavy (non-hydrogen) atoms. The van der Waals surface area contributed by atoms with E-state index in [-0.39, 0.29) is 6.04 Å². The molecular weight excluding hydrogens is 206 g/mol. The van der Waals surface area contributed by atoms with Gasteiger partial charge in [0.25, 0.3) is 5.91 Å². The third-order valence-corrected chi connectivity index (χ3v) is 2.57. The van der Waals surface area contributed by atoms with E-state index in [0.29, 0.717) is 18.0 Å². The molecule has 5 heteroatoms. The van der Waals surface area contributed by atoms with Gasteiger partial charge in [0.05, 0.1) is 18.2 Å². The first-order chi connectivity index (χ1) is 7.77. The predicted octanol–water partition coefficient (Wildman–Crippen LogP) is 0.771. The lowest BCUT2D eigenvalue weighted by Gasteiger charge is -2.24. The van der Waals surface area contributed by atoms with E-state index in [4.69, 9.17) is 10.5 Å². The standard InChI is InChI=1S/C11H15N3O2/c12-10(15)9-4-1-5-13-11(9)14-8-3-2-6-16-7-8/h1,4-5,8H,2-3,6-7H2,(H2,12,15)(H,13,14)/t8-/m0/s1. The molecule has 0 aromatic carbocycles. The molecule has 1 atom stereocenters. The number of rotatable bonds is 3. The molecule has 2 rings (SSSR count). The van der Waals surface area contributed by atoms with Gasteiger partial charge in [-0.3, -0.25) is 4.79 Å². The Kier molecular flexibility index (Phi) is 3.36. The summed E-state index contributed by atoms with van der Waals surface area (Å²) in [6.07, 6.45) is 3.68. The highest BCUT2D eigenvalue weighted by atomic mass is 16.5. The Morgan fingerprint density at radius 3 is 3.19 bits per heavy atom. The van der Waals surface area contributed by atoms with Crippen molar-refractivity contribution in [3.63, 3.8) is 0 Å². The summed E-state index contributed by atoms with van der Waals surface area (Å²) < 4.78 is 5.35. The highest BCUT2D eigenvalue weighted by molar-refractivity contribution is 5.97. The number of amides is 1. The number of pyridine rings is 1. The number of carbonyl (C=O) groups is 1. The largest absolute Gasteiger partial charge is 0.379 e. The maximum atomic E-state index is 11.2. The van der Waals surface area contributed by atoms with Crippen LogP contribution in [0, 0.1) is 0 Å². The van der Waals surface area contributed by atoms with E-state index in [1.165, 1.54) is 0 Å². The van der Waals surface area contributed by atoms with E-state index in [1.54, 1.807) is 18.3 Å². The summed E-state index contributed by atoms with van der Waals surface area (Å²) in [4.78, 5) is 15.3. The number of aromatic nitrogens is 1. The van der Waals surface area contributed by atoms with Crippen LogP contribution < -0.4 is 11.1 Å². The highest BCUT2D eigenvalue weighted by Gasteiger charge is 2.16. The van der Waals surface area contributed by atoms with Crippen molar-refractivity contribution >= 4 is 11.7 Å². The average Bonchev–Trinajstić information content (AvgIpc) is 2.31. The second-order valence-electron chi connectivity index (χ2n) is 3.82. The quantitative estimate of drug-likeness (QED) is 0.790. The second-order valence-corrected chi connectivity index (χ2v) is 3.82. The van der Waals surface area contributed by atoms with Crippen molar-refractivity contribution in [2.75, 3.05) is 18.5 Å². The van der Waals surface area contributed by atoms with Crippen LogP contribution in [0.4, 0.5) is 5.82 Å². The molecule has 1 aromatic rings. The zero-order valence-electron chi connectivity index (χ0n) is 8.98. The van der Waals surface area contributed by atoms with Crippen LogP contribution in [0.15, 0.2) is 18.3 Å². The van der Waals surface area contributed by atoms with Gasteiger partial charge in [0.2, 0.25) is 0 Å². The van der Waals surface area contributed by atoms with Crippen LogP contribution in [0.1, 0.15) is 23.2 Å². The second kappa shape index (κ2) is 4.94. The monoisotopic (exact) mass is 221 g/mol. The number of primary amides is 1. The van der Waals surface area contributed by atoms with Crippen LogP contribution in [0.3, 0.4) is 0 Å². The van der Waals surface area contributed by atoms with Crippen LogP contribution in [-0.4, -0.2) is 30.1 Å². The van der Waals surface area contributed by atoms with Gasteiger partial charge in [-0.2, -0.15) is 0 Å². The Labute approximate surface area is 94.0 Å². The zero-order valence-corrected chi connectivity index (χ0v) is 8.98. The number of nitrogens with one attached hydrogen (secondary N) is 1. The molecule has 0 spiro atoms. The van der Waals surface area contributed by atoms with E-state index >= 15 is 0 Å². The first kappa shape index (κ1) is 10.9. The lowest BCUT2D eigenvalue weighted by Crippen LogP contribution is -2.31. The molecule has 5 nitrogen and oxygen atoms in total. The summed E-state index contributed by atoms with van der Waals surface area (Å²) >= 11 is 0. The molecule has 0 aliphatic carbocycles. The fourth-order valence-electron chi connectivity index (χ4n) is 1.77. The molecule has 0 saturated carbocycles. The minimum Gasteiger partial charge on any atom is -0.379 e. The molecule has 3 N–H and O–H groups in total. The number of nitrogens with two attached hydrogens (primary N) is 1. The van der Waals surface area contributed by atoms with Crippen LogP contribution in [-0.2, 0) is 4.74 Å². The van der Waals surface area contributed by atoms with E-state index in [9.17, 15) is 4.79 Å². The summed E-state index contributed by atoms with van der Waals surface area (Å²) in [5.41, 5.74) is 5.69. The van der Waals surface area contributed by atoms with Gasteiger partial charge < -0.3 is 15.8 Å². The fourth-order valence-corrected chi connectivity index (χ4v) is 1.77. The number of hydrogen-bond acceptors (Lipinski definition) is 4. The van der Waals surface area contributed by atoms with Gasteiger partial charge >= 0.3 is 0 Å². The van der Waals surface area contributed by atoms with Crippen molar-refractivity contribution in [3.8, 4) is 0 Å². The maximum Gasteiger partial charge on any atom is 0.252 e. The molecule has 2 heterocycles. The Hall–Kier alpha value is -1.62. The van der Waals surface area contributed by atoms with E-state index in [0.717, 1.165) is 19.4 Å². The summed E-state index contributed by atoms with van der Waals surface area (Å²) in [6, 6.07) is 3.58. The van der Waals surface area contributed by atoms with Crippen molar-refractivity contribution in [1.82, 2.24) is 4.98 Å². The number of carbonyl (C=O) groups excluding carboxylic acids is 1. The minimum absolute atomic E-state index is 0.210. The number of anilines is 1. The lowest BCUT2D eigenvalue weighted by atomic mass is 10.1. The van der Waals surface area contributed by atoms with Crippen LogP contribution in [0.25, 0.3) is 0 Å². The minimum atomic E-state index is -0.465. The van der Waals surface area contributed by atoms with Gasteiger partial charge in [0.1, 0.15) is 5.82 Å². The summed E-state index contributed by atoms with van der Waals surface area (Å²) in [5, 5.41) is 3.19. The molecule has 1 aliphatic heterocycles. The molecule has 1 saturated heterocycles. The molecule has 1 aromatic heterocycles. The van der Waals surface area contributed by atoms with E-state index in [2.05, 4.69) is 10.3 Å². The van der Waals surface area contributed by atoms with Gasteiger partial charge in [-0.15, -0.1) is 0 Å². The fraction of sp³-hybridized carbons (Fsp3) is 0.455. The number of hydrogen-bond donors (Lipinski definition) is 2. The summed E-state index contributed by atoms with van der Waals surface area (Å²) in [5.74, 6) is 0.0813. The Balaban J connectivity index is 2.10. The average molecular weight is 221 g/mol. The lowest BCUT2D eigenvalue weighted by molar-refractivity contribution is 0.0873. The van der Waals surface area contributed by atoms with Crippen molar-refractivity contribution in [2.24, 2.45) is 5.73 Å². The molecule has 0 radical (unpaired) electrons. The molecule has 1 amide bonds. The normalized spacial score (nSPS) is 20.4. The van der Waals surface area contributed by atoms with Crippen LogP contribution in [0.5, 0.6) is 0 Å². The van der Waals surface area contributed by atoms with Gasteiger partial charge in [-0.25, -0.2) is 4.98 Å². The molecular formula is C11H15N3O2. The van der Waals surface area contributed by atoms with E-state index < -0.39 is 5.91 Å². The number of ether oxygens (including phenoxy) is 1. The first-order valence-corrected chi connectivity index (χ1v) is 5.36. The molecule has 0 unspecified atom stereocenters. The molecule has 1 fully saturated rings. The summed E-state index contributed by atoms with van der Waals surface area (Å²) in [6.45, 7) is 1.46. The van der Waals surface area contributed by atoms with Crippen molar-refractivity contribution in [2.45, 2.75) is 18.9 Å². The van der Waals surface area contributed by atoms with Crippen molar-refractivity contribution in [1.29, 1.82) is 0 Å². The third-order valence-electron chi connectivity index (χ3n) is 2.57.